The molecule has 0 aromatic heterocycles. The Morgan fingerprint density at radius 1 is 0.582 bits per heavy atom. The second-order valence-electron chi connectivity index (χ2n) is 13.9. The summed E-state index contributed by atoms with van der Waals surface area (Å²) in [5.41, 5.74) is 0. The third-order valence-electron chi connectivity index (χ3n) is 8.66. The first-order valence-corrected chi connectivity index (χ1v) is 22.9. The highest BCUT2D eigenvalue weighted by Crippen LogP contribution is 2.42. The molecule has 316 valence electrons. The van der Waals surface area contributed by atoms with E-state index < -0.39 is 26.5 Å². The topological polar surface area (TPSA) is 131 Å². The lowest BCUT2D eigenvalue weighted by Crippen LogP contribution is -2.27. The largest absolute Gasteiger partial charge is 0.472 e. The Morgan fingerprint density at radius 3 is 1.49 bits per heavy atom. The van der Waals surface area contributed by atoms with Crippen molar-refractivity contribution in [1.29, 1.82) is 0 Å². The number of unbranched alkanes of at least 4 members (excludes halogenated alkanes) is 14. The molecular formula is C45H78NO8P. The number of amides is 1. The van der Waals surface area contributed by atoms with Crippen LogP contribution in [0.5, 0.6) is 0 Å². The van der Waals surface area contributed by atoms with Crippen molar-refractivity contribution >= 4 is 19.7 Å². The number of phosphoric ester groups is 1. The van der Waals surface area contributed by atoms with Gasteiger partial charge in [-0.2, -0.15) is 0 Å². The zero-order valence-electron chi connectivity index (χ0n) is 34.6. The van der Waals surface area contributed by atoms with Gasteiger partial charge in [0, 0.05) is 19.4 Å². The maximum atomic E-state index is 12.1. The van der Waals surface area contributed by atoms with E-state index in [2.05, 4.69) is 79.9 Å². The number of aliphatic hydroxyl groups excluding tert-OH is 1. The van der Waals surface area contributed by atoms with Crippen LogP contribution in [0.2, 0.25) is 0 Å². The van der Waals surface area contributed by atoms with E-state index >= 15 is 0 Å². The van der Waals surface area contributed by atoms with Crippen molar-refractivity contribution in [2.45, 2.75) is 174 Å². The lowest BCUT2D eigenvalue weighted by Gasteiger charge is -2.15. The van der Waals surface area contributed by atoms with Crippen molar-refractivity contribution in [2.24, 2.45) is 0 Å². The molecule has 0 aliphatic carbocycles. The lowest BCUT2D eigenvalue weighted by molar-refractivity contribution is -0.147. The maximum absolute atomic E-state index is 12.1. The van der Waals surface area contributed by atoms with E-state index in [1.54, 1.807) is 0 Å². The molecule has 2 unspecified atom stereocenters. The molecule has 0 fully saturated rings. The number of allylic oxidation sites excluding steroid dienone is 12. The van der Waals surface area contributed by atoms with Gasteiger partial charge < -0.3 is 20.1 Å². The predicted molar refractivity (Wildman–Crippen MR) is 229 cm³/mol. The molecule has 0 bridgehead atoms. The standard InChI is InChI=1S/C45H78NO8P/c1-3-5-7-9-11-13-15-17-19-20-21-22-24-26-28-30-32-34-36-38-45(49)52-41-43(47)42-54-55(50,51)53-40-39-46-44(48)37-35-33-31-29-27-25-23-18-16-14-12-10-8-6-4-2/h5,7,11,13,17,19,21-22,26,28,32,34,43,47H,3-4,6,8-10,12,14-16,18,20,23-25,27,29-31,33,35-42H2,1-2H3,(H,46,48)(H,50,51)/b7-5-,13-11-,19-17-,22-21-,28-26-,34-32-. The number of hydrogen-bond acceptors (Lipinski definition) is 7. The number of aliphatic hydroxyl groups is 1. The third kappa shape index (κ3) is 42.4. The van der Waals surface area contributed by atoms with E-state index in [0.717, 1.165) is 57.8 Å². The van der Waals surface area contributed by atoms with Crippen molar-refractivity contribution in [3.8, 4) is 0 Å². The van der Waals surface area contributed by atoms with Gasteiger partial charge in [0.05, 0.1) is 13.2 Å². The van der Waals surface area contributed by atoms with Crippen molar-refractivity contribution < 1.29 is 37.9 Å². The number of rotatable bonds is 39. The van der Waals surface area contributed by atoms with Crippen LogP contribution in [0.1, 0.15) is 168 Å². The Kier molecular flexibility index (Phi) is 39.2. The van der Waals surface area contributed by atoms with E-state index in [-0.39, 0.29) is 32.1 Å². The Labute approximate surface area is 335 Å². The Morgan fingerprint density at radius 2 is 1.02 bits per heavy atom. The molecule has 0 radical (unpaired) electrons. The number of carbonyl (C=O) groups is 2. The van der Waals surface area contributed by atoms with E-state index in [1.165, 1.54) is 77.0 Å². The number of esters is 1. The number of carbonyl (C=O) groups excluding carboxylic acids is 2. The summed E-state index contributed by atoms with van der Waals surface area (Å²) < 4.78 is 26.8. The Hall–Kier alpha value is -2.55. The van der Waals surface area contributed by atoms with Gasteiger partial charge in [0.2, 0.25) is 5.91 Å². The normalized spacial score (nSPS) is 14.0. The molecular weight excluding hydrogens is 713 g/mol. The molecule has 0 saturated heterocycles. The molecule has 2 atom stereocenters. The number of hydrogen-bond donors (Lipinski definition) is 3. The minimum Gasteiger partial charge on any atom is -0.463 e. The molecule has 0 aliphatic rings. The zero-order valence-corrected chi connectivity index (χ0v) is 35.5. The van der Waals surface area contributed by atoms with Crippen molar-refractivity contribution in [3.05, 3.63) is 72.9 Å². The summed E-state index contributed by atoms with van der Waals surface area (Å²) in [5.74, 6) is -0.605. The van der Waals surface area contributed by atoms with Crippen LogP contribution in [0.4, 0.5) is 0 Å². The minimum atomic E-state index is -4.43. The van der Waals surface area contributed by atoms with Crippen LogP contribution in [0, 0.1) is 0 Å². The molecule has 0 rings (SSSR count). The fourth-order valence-electron chi connectivity index (χ4n) is 5.46. The summed E-state index contributed by atoms with van der Waals surface area (Å²) in [6.45, 7) is 3.35. The van der Waals surface area contributed by atoms with Gasteiger partial charge in [-0.3, -0.25) is 18.6 Å². The first kappa shape index (κ1) is 52.5. The first-order chi connectivity index (χ1) is 26.8. The van der Waals surface area contributed by atoms with Crippen LogP contribution in [-0.4, -0.2) is 54.3 Å². The highest BCUT2D eigenvalue weighted by atomic mass is 31.2. The molecule has 1 amide bonds. The lowest BCUT2D eigenvalue weighted by atomic mass is 10.0. The average molecular weight is 792 g/mol. The van der Waals surface area contributed by atoms with Gasteiger partial charge in [0.15, 0.2) is 0 Å². The van der Waals surface area contributed by atoms with Gasteiger partial charge in [0.1, 0.15) is 12.7 Å². The summed E-state index contributed by atoms with van der Waals surface area (Å²) in [6.07, 6.45) is 49.9. The van der Waals surface area contributed by atoms with E-state index in [1.807, 2.05) is 12.2 Å². The Balaban J connectivity index is 3.72. The number of nitrogens with one attached hydrogen (secondary N) is 1. The van der Waals surface area contributed by atoms with Crippen LogP contribution in [-0.2, 0) is 27.9 Å². The summed E-state index contributed by atoms with van der Waals surface area (Å²) in [4.78, 5) is 33.8. The fraction of sp³-hybridized carbons (Fsp3) is 0.689. The fourth-order valence-corrected chi connectivity index (χ4v) is 6.22. The molecule has 3 N–H and O–H groups in total. The Bertz CT molecular complexity index is 1130. The number of ether oxygens (including phenoxy) is 1. The highest BCUT2D eigenvalue weighted by molar-refractivity contribution is 7.47. The van der Waals surface area contributed by atoms with Crippen LogP contribution < -0.4 is 5.32 Å². The average Bonchev–Trinajstić information content (AvgIpc) is 3.17. The molecule has 0 spiro atoms. The zero-order chi connectivity index (χ0) is 40.3. The molecule has 55 heavy (non-hydrogen) atoms. The molecule has 0 saturated carbocycles. The summed E-state index contributed by atoms with van der Waals surface area (Å²) in [7, 11) is -4.43. The summed E-state index contributed by atoms with van der Waals surface area (Å²) in [6, 6.07) is 0. The second-order valence-corrected chi connectivity index (χ2v) is 15.4. The van der Waals surface area contributed by atoms with Gasteiger partial charge >= 0.3 is 13.8 Å². The van der Waals surface area contributed by atoms with Gasteiger partial charge in [-0.1, -0.05) is 177 Å². The van der Waals surface area contributed by atoms with Crippen molar-refractivity contribution in [2.75, 3.05) is 26.4 Å². The van der Waals surface area contributed by atoms with Gasteiger partial charge in [-0.15, -0.1) is 0 Å². The monoisotopic (exact) mass is 792 g/mol. The van der Waals surface area contributed by atoms with Crippen LogP contribution in [0.3, 0.4) is 0 Å². The van der Waals surface area contributed by atoms with E-state index in [9.17, 15) is 24.2 Å². The van der Waals surface area contributed by atoms with E-state index in [0.29, 0.717) is 12.8 Å². The second kappa shape index (κ2) is 41.1. The van der Waals surface area contributed by atoms with Gasteiger partial charge in [0.25, 0.3) is 0 Å². The molecule has 9 nitrogen and oxygen atoms in total. The summed E-state index contributed by atoms with van der Waals surface area (Å²) >= 11 is 0. The molecule has 0 aromatic rings. The molecule has 10 heteroatoms. The number of phosphoric acid groups is 1. The summed E-state index contributed by atoms with van der Waals surface area (Å²) in [5, 5.41) is 12.7. The predicted octanol–water partition coefficient (Wildman–Crippen LogP) is 11.9. The smallest absolute Gasteiger partial charge is 0.463 e. The highest BCUT2D eigenvalue weighted by Gasteiger charge is 2.23. The SMILES string of the molecule is CC/C=C\C/C=C\C/C=C\C/C=C\C/C=C\C/C=C\CCC(=O)OCC(O)COP(=O)(O)OCCNC(=O)CCCCCCCCCCCCCCCCC. The quantitative estimate of drug-likeness (QED) is 0.0243. The van der Waals surface area contributed by atoms with Crippen LogP contribution >= 0.6 is 7.82 Å². The van der Waals surface area contributed by atoms with Gasteiger partial charge in [-0.25, -0.2) is 4.57 Å². The van der Waals surface area contributed by atoms with Crippen LogP contribution in [0.25, 0.3) is 0 Å². The first-order valence-electron chi connectivity index (χ1n) is 21.4. The van der Waals surface area contributed by atoms with Crippen LogP contribution in [0.15, 0.2) is 72.9 Å². The van der Waals surface area contributed by atoms with E-state index in [4.69, 9.17) is 13.8 Å². The minimum absolute atomic E-state index is 0.0718. The van der Waals surface area contributed by atoms with Crippen molar-refractivity contribution in [3.63, 3.8) is 0 Å². The molecule has 0 aromatic carbocycles. The van der Waals surface area contributed by atoms with Crippen molar-refractivity contribution in [1.82, 2.24) is 5.32 Å². The molecule has 0 heterocycles. The third-order valence-corrected chi connectivity index (χ3v) is 9.65. The molecule has 0 aliphatic heterocycles. The van der Waals surface area contributed by atoms with Gasteiger partial charge in [-0.05, 0) is 51.4 Å². The maximum Gasteiger partial charge on any atom is 0.472 e.